The maximum atomic E-state index is 12.5. The number of nitrogens with zero attached hydrogens (tertiary/aromatic N) is 4. The average molecular weight is 319 g/mol. The number of aliphatic hydroxyl groups is 1. The van der Waals surface area contributed by atoms with Gasteiger partial charge in [0.1, 0.15) is 5.82 Å². The van der Waals surface area contributed by atoms with Crippen molar-refractivity contribution in [2.75, 3.05) is 13.2 Å². The molecule has 2 aromatic heterocycles. The molecule has 7 heteroatoms. The summed E-state index contributed by atoms with van der Waals surface area (Å²) in [7, 11) is 1.91. The van der Waals surface area contributed by atoms with Gasteiger partial charge >= 0.3 is 0 Å². The van der Waals surface area contributed by atoms with Crippen molar-refractivity contribution < 1.29 is 9.90 Å². The number of hydrogen-bond donors (Lipinski definition) is 2. The number of aromatic nitrogens is 4. The Labute approximate surface area is 136 Å². The average Bonchev–Trinajstić information content (AvgIpc) is 3.01. The second-order valence-electron chi connectivity index (χ2n) is 5.81. The fraction of sp³-hybridized carbons (Fsp3) is 0.562. The molecule has 2 heterocycles. The molecule has 0 aromatic carbocycles. The predicted octanol–water partition coefficient (Wildman–Crippen LogP) is 1.02. The Morgan fingerprint density at radius 3 is 2.65 bits per heavy atom. The molecule has 2 rings (SSSR count). The van der Waals surface area contributed by atoms with E-state index >= 15 is 0 Å². The molecule has 0 radical (unpaired) electrons. The van der Waals surface area contributed by atoms with Gasteiger partial charge in [0.15, 0.2) is 0 Å². The smallest absolute Gasteiger partial charge is 0.223 e. The highest BCUT2D eigenvalue weighted by atomic mass is 16.3. The van der Waals surface area contributed by atoms with Gasteiger partial charge in [-0.15, -0.1) is 0 Å². The van der Waals surface area contributed by atoms with Crippen molar-refractivity contribution in [2.45, 2.75) is 40.2 Å². The normalized spacial score (nSPS) is 11.0. The van der Waals surface area contributed by atoms with Crippen molar-refractivity contribution >= 4 is 5.91 Å². The maximum Gasteiger partial charge on any atom is 0.223 e. The number of carbonyl (C=O) groups excluding carboxylic acids is 1. The molecular formula is C16H25N5O2. The molecule has 1 amide bonds. The van der Waals surface area contributed by atoms with Gasteiger partial charge in [-0.25, -0.2) is 4.98 Å². The summed E-state index contributed by atoms with van der Waals surface area (Å²) in [5.74, 6) is 0.840. The molecule has 7 nitrogen and oxygen atoms in total. The number of hydrogen-bond acceptors (Lipinski definition) is 4. The fourth-order valence-electron chi connectivity index (χ4n) is 2.74. The molecule has 23 heavy (non-hydrogen) atoms. The first kappa shape index (κ1) is 17.2. The van der Waals surface area contributed by atoms with Crippen LogP contribution in [0.1, 0.15) is 34.9 Å². The van der Waals surface area contributed by atoms with Gasteiger partial charge in [0.2, 0.25) is 5.91 Å². The van der Waals surface area contributed by atoms with Crippen molar-refractivity contribution in [3.8, 4) is 0 Å². The minimum Gasteiger partial charge on any atom is -0.395 e. The first-order valence-electron chi connectivity index (χ1n) is 7.80. The molecule has 2 N–H and O–H groups in total. The molecule has 0 spiro atoms. The summed E-state index contributed by atoms with van der Waals surface area (Å²) in [5, 5.41) is 13.6. The van der Waals surface area contributed by atoms with Crippen LogP contribution < -0.4 is 0 Å². The standard InChI is InChI=1S/C16H25N5O2/c1-11-15(12(2)20(4)19-11)5-6-16(23)21(7-8-22)10-14-9-17-13(3)18-14/h9,22H,5-8,10H2,1-4H3,(H,17,18). The second-order valence-corrected chi connectivity index (χ2v) is 5.81. The van der Waals surface area contributed by atoms with Gasteiger partial charge in [0.05, 0.1) is 30.7 Å². The van der Waals surface area contributed by atoms with Crippen LogP contribution >= 0.6 is 0 Å². The lowest BCUT2D eigenvalue weighted by Gasteiger charge is -2.21. The van der Waals surface area contributed by atoms with Crippen LogP contribution in [-0.4, -0.2) is 48.8 Å². The van der Waals surface area contributed by atoms with Crippen LogP contribution in [-0.2, 0) is 24.8 Å². The Hall–Kier alpha value is -2.15. The number of nitrogens with one attached hydrogen (secondary N) is 1. The highest BCUT2D eigenvalue weighted by Crippen LogP contribution is 2.15. The molecule has 0 atom stereocenters. The number of aryl methyl sites for hydroxylation is 3. The summed E-state index contributed by atoms with van der Waals surface area (Å²) in [6, 6.07) is 0. The van der Waals surface area contributed by atoms with Gasteiger partial charge in [-0.05, 0) is 32.8 Å². The third-order valence-corrected chi connectivity index (χ3v) is 4.09. The maximum absolute atomic E-state index is 12.5. The van der Waals surface area contributed by atoms with E-state index in [1.165, 1.54) is 0 Å². The zero-order chi connectivity index (χ0) is 17.0. The molecule has 0 saturated carbocycles. The highest BCUT2D eigenvalue weighted by Gasteiger charge is 2.17. The predicted molar refractivity (Wildman–Crippen MR) is 86.8 cm³/mol. The quantitative estimate of drug-likeness (QED) is 0.798. The van der Waals surface area contributed by atoms with Crippen LogP contribution in [0.5, 0.6) is 0 Å². The number of aromatic amines is 1. The minimum absolute atomic E-state index is 0.0222. The van der Waals surface area contributed by atoms with Crippen LogP contribution in [0.25, 0.3) is 0 Å². The van der Waals surface area contributed by atoms with Gasteiger partial charge in [0, 0.05) is 25.7 Å². The summed E-state index contributed by atoms with van der Waals surface area (Å²) in [6.45, 7) is 6.55. The van der Waals surface area contributed by atoms with E-state index in [-0.39, 0.29) is 12.5 Å². The molecule has 0 saturated heterocycles. The Morgan fingerprint density at radius 1 is 1.39 bits per heavy atom. The number of rotatable bonds is 7. The van der Waals surface area contributed by atoms with Gasteiger partial charge in [-0.1, -0.05) is 0 Å². The number of imidazole rings is 1. The van der Waals surface area contributed by atoms with E-state index in [0.717, 1.165) is 28.5 Å². The minimum atomic E-state index is -0.0518. The molecule has 0 aliphatic heterocycles. The van der Waals surface area contributed by atoms with E-state index in [2.05, 4.69) is 15.1 Å². The van der Waals surface area contributed by atoms with Crippen LogP contribution in [0.3, 0.4) is 0 Å². The van der Waals surface area contributed by atoms with Crippen molar-refractivity contribution in [1.29, 1.82) is 0 Å². The van der Waals surface area contributed by atoms with E-state index in [4.69, 9.17) is 0 Å². The summed E-state index contributed by atoms with van der Waals surface area (Å²) in [5.41, 5.74) is 4.06. The van der Waals surface area contributed by atoms with Crippen LogP contribution in [0, 0.1) is 20.8 Å². The van der Waals surface area contributed by atoms with Crippen molar-refractivity contribution in [1.82, 2.24) is 24.6 Å². The molecule has 0 aliphatic rings. The van der Waals surface area contributed by atoms with Gasteiger partial charge in [0.25, 0.3) is 0 Å². The first-order chi connectivity index (χ1) is 10.9. The Balaban J connectivity index is 2.00. The van der Waals surface area contributed by atoms with Crippen molar-refractivity contribution in [3.63, 3.8) is 0 Å². The third kappa shape index (κ3) is 4.19. The van der Waals surface area contributed by atoms with Crippen LogP contribution in [0.4, 0.5) is 0 Å². The van der Waals surface area contributed by atoms with E-state index in [9.17, 15) is 9.90 Å². The lowest BCUT2D eigenvalue weighted by atomic mass is 10.1. The van der Waals surface area contributed by atoms with Crippen molar-refractivity contribution in [3.05, 3.63) is 34.7 Å². The van der Waals surface area contributed by atoms with E-state index in [0.29, 0.717) is 25.9 Å². The Kier molecular flexibility index (Phi) is 5.54. The van der Waals surface area contributed by atoms with Crippen molar-refractivity contribution in [2.24, 2.45) is 7.05 Å². The molecule has 0 aliphatic carbocycles. The SMILES string of the molecule is Cc1ncc(CN(CCO)C(=O)CCc2c(C)nn(C)c2C)[nH]1. The zero-order valence-corrected chi connectivity index (χ0v) is 14.3. The first-order valence-corrected chi connectivity index (χ1v) is 7.80. The molecule has 0 unspecified atom stereocenters. The molecule has 0 fully saturated rings. The van der Waals surface area contributed by atoms with Gasteiger partial charge in [-0.2, -0.15) is 5.10 Å². The Morgan fingerprint density at radius 2 is 2.13 bits per heavy atom. The summed E-state index contributed by atoms with van der Waals surface area (Å²) in [4.78, 5) is 21.4. The van der Waals surface area contributed by atoms with E-state index < -0.39 is 0 Å². The summed E-state index contributed by atoms with van der Waals surface area (Å²) < 4.78 is 1.84. The number of H-pyrrole nitrogens is 1. The lowest BCUT2D eigenvalue weighted by Crippen LogP contribution is -2.33. The largest absolute Gasteiger partial charge is 0.395 e. The number of amides is 1. The van der Waals surface area contributed by atoms with Gasteiger partial charge < -0.3 is 15.0 Å². The third-order valence-electron chi connectivity index (χ3n) is 4.09. The lowest BCUT2D eigenvalue weighted by molar-refractivity contribution is -0.132. The second kappa shape index (κ2) is 7.41. The monoisotopic (exact) mass is 319 g/mol. The highest BCUT2D eigenvalue weighted by molar-refractivity contribution is 5.76. The summed E-state index contributed by atoms with van der Waals surface area (Å²) in [6.07, 6.45) is 2.79. The van der Waals surface area contributed by atoms with Crippen LogP contribution in [0.15, 0.2) is 6.20 Å². The zero-order valence-electron chi connectivity index (χ0n) is 14.3. The number of carbonyl (C=O) groups is 1. The molecular weight excluding hydrogens is 294 g/mol. The van der Waals surface area contributed by atoms with E-state index in [1.54, 1.807) is 11.1 Å². The fourth-order valence-corrected chi connectivity index (χ4v) is 2.74. The molecule has 2 aromatic rings. The molecule has 126 valence electrons. The Bertz CT molecular complexity index is 674. The van der Waals surface area contributed by atoms with Crippen LogP contribution in [0.2, 0.25) is 0 Å². The van der Waals surface area contributed by atoms with E-state index in [1.807, 2.05) is 32.5 Å². The van der Waals surface area contributed by atoms with Gasteiger partial charge in [-0.3, -0.25) is 9.48 Å². The molecule has 0 bridgehead atoms. The summed E-state index contributed by atoms with van der Waals surface area (Å²) >= 11 is 0. The number of aliphatic hydroxyl groups excluding tert-OH is 1. The topological polar surface area (TPSA) is 87.0 Å².